The van der Waals surface area contributed by atoms with E-state index in [1.54, 1.807) is 6.07 Å². The maximum atomic E-state index is 12.5. The predicted octanol–water partition coefficient (Wildman–Crippen LogP) is 2.14. The van der Waals surface area contributed by atoms with E-state index in [1.807, 2.05) is 18.2 Å². The van der Waals surface area contributed by atoms with Crippen molar-refractivity contribution >= 4 is 24.2 Å². The zero-order valence-corrected chi connectivity index (χ0v) is 14.4. The van der Waals surface area contributed by atoms with Gasteiger partial charge in [-0.1, -0.05) is 31.4 Å². The van der Waals surface area contributed by atoms with Crippen LogP contribution in [0.5, 0.6) is 0 Å². The van der Waals surface area contributed by atoms with E-state index in [9.17, 15) is 9.59 Å². The Balaban J connectivity index is 0.00000264. The first-order valence-corrected chi connectivity index (χ1v) is 7.91. The van der Waals surface area contributed by atoms with E-state index in [-0.39, 0.29) is 29.8 Å². The minimum absolute atomic E-state index is 0. The fraction of sp³-hybridized carbons (Fsp3) is 0.529. The Hall–Kier alpha value is -1.59. The van der Waals surface area contributed by atoms with Crippen LogP contribution in [0.2, 0.25) is 0 Å². The van der Waals surface area contributed by atoms with E-state index in [0.29, 0.717) is 18.7 Å². The van der Waals surface area contributed by atoms with E-state index in [1.165, 1.54) is 13.3 Å². The van der Waals surface area contributed by atoms with Crippen LogP contribution < -0.4 is 16.4 Å². The molecule has 6 heteroatoms. The van der Waals surface area contributed by atoms with E-state index < -0.39 is 0 Å². The van der Waals surface area contributed by atoms with Gasteiger partial charge in [-0.15, -0.1) is 12.4 Å². The van der Waals surface area contributed by atoms with Gasteiger partial charge in [0, 0.05) is 25.6 Å². The van der Waals surface area contributed by atoms with Crippen molar-refractivity contribution < 1.29 is 9.59 Å². The van der Waals surface area contributed by atoms with Crippen LogP contribution in [0.4, 0.5) is 0 Å². The van der Waals surface area contributed by atoms with Gasteiger partial charge in [0.1, 0.15) is 0 Å². The Morgan fingerprint density at radius 2 is 1.91 bits per heavy atom. The summed E-state index contributed by atoms with van der Waals surface area (Å²) in [5.41, 5.74) is 7.18. The van der Waals surface area contributed by atoms with Gasteiger partial charge >= 0.3 is 0 Å². The summed E-state index contributed by atoms with van der Waals surface area (Å²) in [5.74, 6) is -0.170. The number of nitrogens with one attached hydrogen (secondary N) is 2. The molecule has 0 unspecified atom stereocenters. The summed E-state index contributed by atoms with van der Waals surface area (Å²) in [6, 6.07) is 7.34. The number of rotatable bonds is 5. The summed E-state index contributed by atoms with van der Waals surface area (Å²) in [6.07, 6.45) is 5.32. The van der Waals surface area contributed by atoms with Crippen LogP contribution in [0.25, 0.3) is 0 Å². The van der Waals surface area contributed by atoms with E-state index in [0.717, 1.165) is 31.2 Å². The Morgan fingerprint density at radius 1 is 1.22 bits per heavy atom. The standard InChI is InChI=1S/C17H25N3O2.ClH/c1-13(21)19-11-14-6-5-7-15(10-14)16(22)20-17(12-18)8-3-2-4-9-17;/h5-7,10H,2-4,8-9,11-12,18H2,1H3,(H,19,21)(H,20,22);1H. The van der Waals surface area contributed by atoms with Gasteiger partial charge in [0.25, 0.3) is 5.91 Å². The zero-order valence-electron chi connectivity index (χ0n) is 13.6. The van der Waals surface area contributed by atoms with E-state index >= 15 is 0 Å². The molecule has 1 saturated carbocycles. The highest BCUT2D eigenvalue weighted by Crippen LogP contribution is 2.27. The second-order valence-corrected chi connectivity index (χ2v) is 6.11. The Kier molecular flexibility index (Phi) is 7.52. The van der Waals surface area contributed by atoms with Gasteiger partial charge in [-0.05, 0) is 30.5 Å². The molecule has 0 aromatic heterocycles. The molecule has 1 aromatic carbocycles. The summed E-state index contributed by atoms with van der Waals surface area (Å²) in [4.78, 5) is 23.5. The molecule has 0 radical (unpaired) electrons. The average Bonchev–Trinajstić information content (AvgIpc) is 2.54. The minimum atomic E-state index is -0.261. The quantitative estimate of drug-likeness (QED) is 0.768. The van der Waals surface area contributed by atoms with Crippen LogP contribution in [0.1, 0.15) is 54.9 Å². The largest absolute Gasteiger partial charge is 0.352 e. The van der Waals surface area contributed by atoms with Gasteiger partial charge in [0.2, 0.25) is 5.91 Å². The van der Waals surface area contributed by atoms with Crippen molar-refractivity contribution in [3.63, 3.8) is 0 Å². The molecule has 2 amide bonds. The van der Waals surface area contributed by atoms with Crippen molar-refractivity contribution in [1.29, 1.82) is 0 Å². The molecule has 1 aromatic rings. The molecule has 1 aliphatic carbocycles. The first-order valence-electron chi connectivity index (χ1n) is 7.91. The molecule has 4 N–H and O–H groups in total. The first kappa shape index (κ1) is 19.5. The van der Waals surface area contributed by atoms with Gasteiger partial charge in [-0.3, -0.25) is 9.59 Å². The second-order valence-electron chi connectivity index (χ2n) is 6.11. The molecule has 1 fully saturated rings. The van der Waals surface area contributed by atoms with Crippen molar-refractivity contribution in [2.45, 2.75) is 51.1 Å². The third kappa shape index (κ3) is 5.52. The lowest BCUT2D eigenvalue weighted by atomic mass is 9.81. The maximum absolute atomic E-state index is 12.5. The van der Waals surface area contributed by atoms with Crippen molar-refractivity contribution in [3.8, 4) is 0 Å². The summed E-state index contributed by atoms with van der Waals surface area (Å²) in [5, 5.41) is 5.88. The van der Waals surface area contributed by atoms with E-state index in [4.69, 9.17) is 5.73 Å². The number of benzene rings is 1. The van der Waals surface area contributed by atoms with Crippen LogP contribution >= 0.6 is 12.4 Å². The molecule has 0 aliphatic heterocycles. The third-order valence-electron chi connectivity index (χ3n) is 4.31. The van der Waals surface area contributed by atoms with Crippen LogP contribution in [0.3, 0.4) is 0 Å². The number of nitrogens with two attached hydrogens (primary N) is 1. The molecule has 0 spiro atoms. The lowest BCUT2D eigenvalue weighted by molar-refractivity contribution is -0.119. The number of amides is 2. The number of halogens is 1. The number of hydrogen-bond donors (Lipinski definition) is 3. The second kappa shape index (κ2) is 8.89. The zero-order chi connectivity index (χ0) is 16.0. The first-order chi connectivity index (χ1) is 10.5. The fourth-order valence-corrected chi connectivity index (χ4v) is 2.97. The Morgan fingerprint density at radius 3 is 2.52 bits per heavy atom. The summed E-state index contributed by atoms with van der Waals surface area (Å²) in [7, 11) is 0. The molecule has 2 rings (SSSR count). The highest BCUT2D eigenvalue weighted by molar-refractivity contribution is 5.95. The highest BCUT2D eigenvalue weighted by Gasteiger charge is 2.32. The lowest BCUT2D eigenvalue weighted by Crippen LogP contribution is -2.54. The van der Waals surface area contributed by atoms with Crippen molar-refractivity contribution in [2.24, 2.45) is 5.73 Å². The van der Waals surface area contributed by atoms with Gasteiger partial charge in [0.15, 0.2) is 0 Å². The van der Waals surface area contributed by atoms with Crippen LogP contribution in [0.15, 0.2) is 24.3 Å². The van der Waals surface area contributed by atoms with Gasteiger partial charge in [-0.2, -0.15) is 0 Å². The summed E-state index contributed by atoms with van der Waals surface area (Å²) < 4.78 is 0. The molecule has 0 saturated heterocycles. The smallest absolute Gasteiger partial charge is 0.251 e. The topological polar surface area (TPSA) is 84.2 Å². The molecule has 0 heterocycles. The van der Waals surface area contributed by atoms with E-state index in [2.05, 4.69) is 10.6 Å². The Labute approximate surface area is 143 Å². The van der Waals surface area contributed by atoms with Crippen molar-refractivity contribution in [2.75, 3.05) is 6.54 Å². The SMILES string of the molecule is CC(=O)NCc1cccc(C(=O)NC2(CN)CCCCC2)c1.Cl. The normalized spacial score (nSPS) is 16.1. The van der Waals surface area contributed by atoms with Gasteiger partial charge in [0.05, 0.1) is 5.54 Å². The van der Waals surface area contributed by atoms with Crippen LogP contribution in [-0.4, -0.2) is 23.9 Å². The minimum Gasteiger partial charge on any atom is -0.352 e. The number of hydrogen-bond acceptors (Lipinski definition) is 3. The number of carbonyl (C=O) groups is 2. The van der Waals surface area contributed by atoms with Crippen LogP contribution in [0, 0.1) is 0 Å². The molecule has 23 heavy (non-hydrogen) atoms. The summed E-state index contributed by atoms with van der Waals surface area (Å²) >= 11 is 0. The van der Waals surface area contributed by atoms with Gasteiger partial charge < -0.3 is 16.4 Å². The maximum Gasteiger partial charge on any atom is 0.251 e. The highest BCUT2D eigenvalue weighted by atomic mass is 35.5. The summed E-state index contributed by atoms with van der Waals surface area (Å²) in [6.45, 7) is 2.38. The molecule has 0 atom stereocenters. The lowest BCUT2D eigenvalue weighted by Gasteiger charge is -2.37. The molecule has 1 aliphatic rings. The van der Waals surface area contributed by atoms with Crippen LogP contribution in [-0.2, 0) is 11.3 Å². The molecular weight excluding hydrogens is 314 g/mol. The van der Waals surface area contributed by atoms with Crippen molar-refractivity contribution in [3.05, 3.63) is 35.4 Å². The van der Waals surface area contributed by atoms with Gasteiger partial charge in [-0.25, -0.2) is 0 Å². The molecular formula is C17H26ClN3O2. The fourth-order valence-electron chi connectivity index (χ4n) is 2.97. The van der Waals surface area contributed by atoms with Crippen molar-refractivity contribution in [1.82, 2.24) is 10.6 Å². The Bertz CT molecular complexity index is 542. The molecule has 5 nitrogen and oxygen atoms in total. The molecule has 128 valence electrons. The third-order valence-corrected chi connectivity index (χ3v) is 4.31. The molecule has 0 bridgehead atoms. The average molecular weight is 340 g/mol. The monoisotopic (exact) mass is 339 g/mol. The predicted molar refractivity (Wildman–Crippen MR) is 93.5 cm³/mol. The number of carbonyl (C=O) groups excluding carboxylic acids is 2.